The number of hydrogen-bond donors (Lipinski definition) is 1. The molecule has 0 heterocycles. The van der Waals surface area contributed by atoms with Crippen LogP contribution in [-0.4, -0.2) is 23.7 Å². The Morgan fingerprint density at radius 2 is 1.91 bits per heavy atom. The van der Waals surface area contributed by atoms with Gasteiger partial charge in [-0.3, -0.25) is 14.9 Å². The number of rotatable bonds is 9. The fourth-order valence-corrected chi connectivity index (χ4v) is 4.52. The summed E-state index contributed by atoms with van der Waals surface area (Å²) in [6.45, 7) is 10.1. The molecule has 0 unspecified atom stereocenters. The maximum absolute atomic E-state index is 12.1. The first-order valence-corrected chi connectivity index (χ1v) is 11.8. The molecule has 0 bridgehead atoms. The van der Waals surface area contributed by atoms with Crippen molar-refractivity contribution in [3.8, 4) is 5.75 Å². The predicted octanol–water partition coefficient (Wildman–Crippen LogP) is 6.92. The number of allylic oxidation sites excluding steroid dienone is 1. The summed E-state index contributed by atoms with van der Waals surface area (Å²) < 4.78 is 5.91. The number of nitro groups is 1. The van der Waals surface area contributed by atoms with Crippen LogP contribution >= 0.6 is 27.5 Å². The molecule has 0 fully saturated rings. The van der Waals surface area contributed by atoms with Crippen molar-refractivity contribution in [1.29, 1.82) is 0 Å². The standard InChI is InChI=1S/C25H29BrClN3O4/c1-24(2,3)16-25(4,5)18-13-19(26)23(21(14-18)30(32)33)34-15-22(31)29-28-12-8-10-17-9-6-7-11-20(17)27/h6-14H,15-16H2,1-5H3,(H,29,31)/b10-8+,28-12+. The number of hydrazone groups is 1. The van der Waals surface area contributed by atoms with E-state index < -0.39 is 17.4 Å². The van der Waals surface area contributed by atoms with Crippen LogP contribution in [0.4, 0.5) is 5.69 Å². The summed E-state index contributed by atoms with van der Waals surface area (Å²) in [5.41, 5.74) is 3.49. The number of halogens is 2. The van der Waals surface area contributed by atoms with E-state index in [0.717, 1.165) is 17.5 Å². The van der Waals surface area contributed by atoms with Gasteiger partial charge in [0.2, 0.25) is 5.75 Å². The molecule has 182 valence electrons. The first-order valence-electron chi connectivity index (χ1n) is 10.6. The monoisotopic (exact) mass is 549 g/mol. The van der Waals surface area contributed by atoms with E-state index in [1.54, 1.807) is 18.2 Å². The second kappa shape index (κ2) is 11.6. The topological polar surface area (TPSA) is 93.8 Å². The lowest BCUT2D eigenvalue weighted by atomic mass is 9.72. The first-order chi connectivity index (χ1) is 15.8. The molecule has 0 radical (unpaired) electrons. The number of carbonyl (C=O) groups excluding carboxylic acids is 1. The summed E-state index contributed by atoms with van der Waals surface area (Å²) >= 11 is 9.44. The Bertz CT molecular complexity index is 1110. The van der Waals surface area contributed by atoms with Crippen LogP contribution in [0.2, 0.25) is 5.02 Å². The molecule has 0 aliphatic carbocycles. The van der Waals surface area contributed by atoms with Crippen molar-refractivity contribution in [2.45, 2.75) is 46.5 Å². The second-order valence-electron chi connectivity index (χ2n) is 9.67. The maximum atomic E-state index is 12.1. The van der Waals surface area contributed by atoms with Crippen LogP contribution in [0.1, 0.15) is 52.2 Å². The summed E-state index contributed by atoms with van der Waals surface area (Å²) in [6, 6.07) is 10.6. The normalized spacial score (nSPS) is 12.3. The van der Waals surface area contributed by atoms with Gasteiger partial charge in [-0.15, -0.1) is 0 Å². The van der Waals surface area contributed by atoms with Gasteiger partial charge in [-0.2, -0.15) is 5.10 Å². The smallest absolute Gasteiger partial charge is 0.312 e. The minimum atomic E-state index is -0.555. The SMILES string of the molecule is CC(C)(C)CC(C)(C)c1cc(Br)c(OCC(=O)N/N=C/C=C/c2ccccc2Cl)c([N+](=O)[O-])c1. The Balaban J connectivity index is 2.06. The molecule has 1 amide bonds. The van der Waals surface area contributed by atoms with Gasteiger partial charge in [-0.1, -0.05) is 70.5 Å². The highest BCUT2D eigenvalue weighted by molar-refractivity contribution is 9.10. The van der Waals surface area contributed by atoms with Gasteiger partial charge in [0.05, 0.1) is 9.40 Å². The second-order valence-corrected chi connectivity index (χ2v) is 10.9. The minimum Gasteiger partial charge on any atom is -0.476 e. The van der Waals surface area contributed by atoms with Gasteiger partial charge in [-0.05, 0) is 62.5 Å². The fraction of sp³-hybridized carbons (Fsp3) is 0.360. The van der Waals surface area contributed by atoms with E-state index in [0.29, 0.717) is 9.50 Å². The van der Waals surface area contributed by atoms with Crippen LogP contribution in [0.15, 0.2) is 52.0 Å². The molecule has 7 nitrogen and oxygen atoms in total. The number of nitro benzene ring substituents is 1. The summed E-state index contributed by atoms with van der Waals surface area (Å²) in [5, 5.41) is 16.1. The summed E-state index contributed by atoms with van der Waals surface area (Å²) in [7, 11) is 0. The molecule has 0 spiro atoms. The van der Waals surface area contributed by atoms with E-state index in [2.05, 4.69) is 61.1 Å². The van der Waals surface area contributed by atoms with Crippen molar-refractivity contribution in [2.24, 2.45) is 10.5 Å². The molecule has 0 atom stereocenters. The zero-order valence-electron chi connectivity index (χ0n) is 19.9. The van der Waals surface area contributed by atoms with Gasteiger partial charge in [0, 0.05) is 17.3 Å². The van der Waals surface area contributed by atoms with Crippen LogP contribution in [0.3, 0.4) is 0 Å². The van der Waals surface area contributed by atoms with Crippen LogP contribution in [-0.2, 0) is 10.2 Å². The van der Waals surface area contributed by atoms with E-state index >= 15 is 0 Å². The lowest BCUT2D eigenvalue weighted by molar-refractivity contribution is -0.386. The molecular weight excluding hydrogens is 522 g/mol. The highest BCUT2D eigenvalue weighted by Gasteiger charge is 2.31. The van der Waals surface area contributed by atoms with Gasteiger partial charge < -0.3 is 4.74 Å². The Hall–Kier alpha value is -2.71. The van der Waals surface area contributed by atoms with E-state index in [4.69, 9.17) is 16.3 Å². The molecule has 0 aliphatic heterocycles. The number of benzene rings is 2. The molecule has 2 aromatic carbocycles. The molecule has 0 saturated carbocycles. The first kappa shape index (κ1) is 27.5. The molecule has 2 aromatic rings. The Morgan fingerprint density at radius 3 is 2.53 bits per heavy atom. The molecular formula is C25H29BrClN3O4. The van der Waals surface area contributed by atoms with Gasteiger partial charge in [0.1, 0.15) is 0 Å². The number of hydrogen-bond acceptors (Lipinski definition) is 5. The molecule has 0 aromatic heterocycles. The van der Waals surface area contributed by atoms with Crippen LogP contribution < -0.4 is 10.2 Å². The average molecular weight is 551 g/mol. The Kier molecular flexibility index (Phi) is 9.41. The highest BCUT2D eigenvalue weighted by atomic mass is 79.9. The Morgan fingerprint density at radius 1 is 1.24 bits per heavy atom. The van der Waals surface area contributed by atoms with Gasteiger partial charge in [0.15, 0.2) is 6.61 Å². The predicted molar refractivity (Wildman–Crippen MR) is 141 cm³/mol. The van der Waals surface area contributed by atoms with Crippen molar-refractivity contribution in [1.82, 2.24) is 5.43 Å². The van der Waals surface area contributed by atoms with Crippen molar-refractivity contribution in [3.05, 3.63) is 73.2 Å². The van der Waals surface area contributed by atoms with Crippen molar-refractivity contribution < 1.29 is 14.5 Å². The molecule has 1 N–H and O–H groups in total. The van der Waals surface area contributed by atoms with E-state index in [1.165, 1.54) is 12.3 Å². The largest absolute Gasteiger partial charge is 0.476 e. The molecule has 0 saturated heterocycles. The number of nitrogens with one attached hydrogen (secondary N) is 1. The zero-order valence-corrected chi connectivity index (χ0v) is 22.2. The van der Waals surface area contributed by atoms with E-state index in [9.17, 15) is 14.9 Å². The third-order valence-corrected chi connectivity index (χ3v) is 5.79. The number of ether oxygens (including phenoxy) is 1. The van der Waals surface area contributed by atoms with Crippen LogP contribution in [0, 0.1) is 15.5 Å². The quantitative estimate of drug-likeness (QED) is 0.208. The van der Waals surface area contributed by atoms with Crippen LogP contribution in [0.25, 0.3) is 6.08 Å². The molecule has 34 heavy (non-hydrogen) atoms. The van der Waals surface area contributed by atoms with Crippen molar-refractivity contribution >= 4 is 51.4 Å². The van der Waals surface area contributed by atoms with Gasteiger partial charge in [-0.25, -0.2) is 5.43 Å². The number of amides is 1. The third-order valence-electron chi connectivity index (χ3n) is 4.85. The molecule has 9 heteroatoms. The summed E-state index contributed by atoms with van der Waals surface area (Å²) in [4.78, 5) is 23.3. The third kappa shape index (κ3) is 8.25. The van der Waals surface area contributed by atoms with E-state index in [-0.39, 0.29) is 22.3 Å². The minimum absolute atomic E-state index is 0.00180. The lowest BCUT2D eigenvalue weighted by Gasteiger charge is -2.33. The average Bonchev–Trinajstić information content (AvgIpc) is 2.71. The molecule has 2 rings (SSSR count). The lowest BCUT2D eigenvalue weighted by Crippen LogP contribution is -2.26. The maximum Gasteiger partial charge on any atom is 0.312 e. The number of carbonyl (C=O) groups is 1. The fourth-order valence-electron chi connectivity index (χ4n) is 3.76. The number of nitrogens with zero attached hydrogens (tertiary/aromatic N) is 2. The van der Waals surface area contributed by atoms with Crippen molar-refractivity contribution in [3.63, 3.8) is 0 Å². The Labute approximate surface area is 213 Å². The summed E-state index contributed by atoms with van der Waals surface area (Å²) in [6.07, 6.45) is 5.60. The highest BCUT2D eigenvalue weighted by Crippen LogP contribution is 2.43. The summed E-state index contributed by atoms with van der Waals surface area (Å²) in [5.74, 6) is -0.557. The van der Waals surface area contributed by atoms with Gasteiger partial charge in [0.25, 0.3) is 5.91 Å². The zero-order chi connectivity index (χ0) is 25.5. The van der Waals surface area contributed by atoms with Gasteiger partial charge >= 0.3 is 5.69 Å². The van der Waals surface area contributed by atoms with E-state index in [1.807, 2.05) is 24.3 Å². The molecule has 0 aliphatic rings. The van der Waals surface area contributed by atoms with Crippen molar-refractivity contribution in [2.75, 3.05) is 6.61 Å². The van der Waals surface area contributed by atoms with Crippen LogP contribution in [0.5, 0.6) is 5.75 Å².